The van der Waals surface area contributed by atoms with Gasteiger partial charge in [0.15, 0.2) is 0 Å². The van der Waals surface area contributed by atoms with Crippen LogP contribution in [0.1, 0.15) is 5.56 Å². The Bertz CT molecular complexity index is 659. The number of benzene rings is 2. The molecule has 1 aliphatic rings. The van der Waals surface area contributed by atoms with Gasteiger partial charge in [-0.2, -0.15) is 0 Å². The van der Waals surface area contributed by atoms with Gasteiger partial charge in [0.2, 0.25) is 0 Å². The normalized spacial score (nSPS) is 12.8. The molecule has 0 aromatic heterocycles. The van der Waals surface area contributed by atoms with Gasteiger partial charge in [-0.1, -0.05) is 36.4 Å². The Kier molecular flexibility index (Phi) is 2.00. The standard InChI is InChI=1S/C14H11NO/c16-13-7-3-5-11-9-8-10-4-1-2-6-12(10)15-14(11)13/h1-8,16H,9H2. The minimum absolute atomic E-state index is 0.252. The van der Waals surface area contributed by atoms with Crippen molar-refractivity contribution in [1.29, 1.82) is 0 Å². The molecule has 0 radical (unpaired) electrons. The van der Waals surface area contributed by atoms with Gasteiger partial charge in [-0.05, 0) is 29.3 Å². The number of hydrogen-bond donors (Lipinski definition) is 1. The summed E-state index contributed by atoms with van der Waals surface area (Å²) >= 11 is 0. The number of fused-ring (bicyclic) bond motifs is 2. The Hall–Kier alpha value is -2.09. The van der Waals surface area contributed by atoms with Crippen LogP contribution in [0.5, 0.6) is 5.75 Å². The number of para-hydroxylation sites is 2. The summed E-state index contributed by atoms with van der Waals surface area (Å²) in [4.78, 5) is 4.52. The zero-order valence-corrected chi connectivity index (χ0v) is 8.72. The lowest BCUT2D eigenvalue weighted by Crippen LogP contribution is -2.22. The predicted molar refractivity (Wildman–Crippen MR) is 63.2 cm³/mol. The van der Waals surface area contributed by atoms with Crippen LogP contribution in [-0.4, -0.2) is 5.11 Å². The molecule has 78 valence electrons. The van der Waals surface area contributed by atoms with E-state index >= 15 is 0 Å². The van der Waals surface area contributed by atoms with Crippen molar-refractivity contribution < 1.29 is 5.11 Å². The molecule has 0 atom stereocenters. The van der Waals surface area contributed by atoms with Gasteiger partial charge in [0, 0.05) is 0 Å². The van der Waals surface area contributed by atoms with Gasteiger partial charge in [0.05, 0.1) is 5.36 Å². The van der Waals surface area contributed by atoms with Gasteiger partial charge in [-0.25, -0.2) is 4.99 Å². The molecule has 2 aromatic carbocycles. The van der Waals surface area contributed by atoms with Crippen LogP contribution in [0.3, 0.4) is 0 Å². The number of nitrogens with zero attached hydrogens (tertiary/aromatic N) is 1. The topological polar surface area (TPSA) is 32.6 Å². The first kappa shape index (κ1) is 9.16. The van der Waals surface area contributed by atoms with Crippen molar-refractivity contribution in [3.05, 3.63) is 58.6 Å². The zero-order chi connectivity index (χ0) is 11.0. The predicted octanol–water partition coefficient (Wildman–Crippen LogP) is 1.68. The highest BCUT2D eigenvalue weighted by Crippen LogP contribution is 2.30. The van der Waals surface area contributed by atoms with E-state index in [0.29, 0.717) is 5.69 Å². The van der Waals surface area contributed by atoms with E-state index in [0.717, 1.165) is 22.6 Å². The van der Waals surface area contributed by atoms with Crippen LogP contribution in [-0.2, 0) is 6.42 Å². The van der Waals surface area contributed by atoms with Crippen LogP contribution in [0.2, 0.25) is 0 Å². The number of rotatable bonds is 0. The molecule has 0 bridgehead atoms. The molecule has 0 amide bonds. The molecule has 0 saturated heterocycles. The fraction of sp³-hybridized carbons (Fsp3) is 0.0714. The number of hydrogen-bond acceptors (Lipinski definition) is 2. The lowest BCUT2D eigenvalue weighted by atomic mass is 10.1. The van der Waals surface area contributed by atoms with Crippen molar-refractivity contribution in [2.75, 3.05) is 0 Å². The maximum absolute atomic E-state index is 9.80. The lowest BCUT2D eigenvalue weighted by molar-refractivity contribution is 0.476. The van der Waals surface area contributed by atoms with Gasteiger partial charge >= 0.3 is 0 Å². The molecule has 0 unspecified atom stereocenters. The van der Waals surface area contributed by atoms with Crippen molar-refractivity contribution in [2.45, 2.75) is 6.42 Å². The molecule has 2 nitrogen and oxygen atoms in total. The Morgan fingerprint density at radius 2 is 1.88 bits per heavy atom. The highest BCUT2D eigenvalue weighted by molar-refractivity contribution is 5.60. The average Bonchev–Trinajstić information content (AvgIpc) is 2.50. The summed E-state index contributed by atoms with van der Waals surface area (Å²) in [5, 5.41) is 11.8. The molecular weight excluding hydrogens is 198 g/mol. The molecular formula is C14H11NO. The van der Waals surface area contributed by atoms with Crippen LogP contribution in [0, 0.1) is 0 Å². The number of phenolic OH excluding ortho intramolecular Hbond substituents is 1. The van der Waals surface area contributed by atoms with Crippen molar-refractivity contribution >= 4 is 11.8 Å². The molecule has 0 aliphatic carbocycles. The molecule has 2 aromatic rings. The Labute approximate surface area is 93.2 Å². The third-order valence-corrected chi connectivity index (χ3v) is 2.81. The van der Waals surface area contributed by atoms with Crippen molar-refractivity contribution in [3.8, 4) is 5.75 Å². The fourth-order valence-corrected chi connectivity index (χ4v) is 1.97. The minimum atomic E-state index is 0.252. The average molecular weight is 209 g/mol. The van der Waals surface area contributed by atoms with Gasteiger partial charge < -0.3 is 5.11 Å². The fourth-order valence-electron chi connectivity index (χ4n) is 1.97. The molecule has 1 heterocycles. The monoisotopic (exact) mass is 209 g/mol. The van der Waals surface area contributed by atoms with Gasteiger partial charge in [0.25, 0.3) is 0 Å². The van der Waals surface area contributed by atoms with Crippen molar-refractivity contribution in [3.63, 3.8) is 0 Å². The molecule has 0 spiro atoms. The second kappa shape index (κ2) is 3.49. The Morgan fingerprint density at radius 3 is 2.81 bits per heavy atom. The van der Waals surface area contributed by atoms with Crippen LogP contribution >= 0.6 is 0 Å². The summed E-state index contributed by atoms with van der Waals surface area (Å²) in [5.41, 5.74) is 1.76. The summed E-state index contributed by atoms with van der Waals surface area (Å²) in [6, 6.07) is 13.5. The minimum Gasteiger partial charge on any atom is -0.506 e. The SMILES string of the molecule is Oc1cccc2c1N=c1ccccc1=CC2. The van der Waals surface area contributed by atoms with Crippen LogP contribution in [0.4, 0.5) is 5.69 Å². The smallest absolute Gasteiger partial charge is 0.141 e. The van der Waals surface area contributed by atoms with E-state index in [4.69, 9.17) is 0 Å². The summed E-state index contributed by atoms with van der Waals surface area (Å²) in [6.07, 6.45) is 2.95. The van der Waals surface area contributed by atoms with Crippen molar-refractivity contribution in [2.24, 2.45) is 4.99 Å². The van der Waals surface area contributed by atoms with E-state index in [2.05, 4.69) is 11.1 Å². The molecule has 1 N–H and O–H groups in total. The van der Waals surface area contributed by atoms with Gasteiger partial charge in [-0.3, -0.25) is 0 Å². The highest BCUT2D eigenvalue weighted by atomic mass is 16.3. The van der Waals surface area contributed by atoms with Crippen LogP contribution < -0.4 is 10.6 Å². The van der Waals surface area contributed by atoms with Gasteiger partial charge in [-0.15, -0.1) is 0 Å². The van der Waals surface area contributed by atoms with Gasteiger partial charge in [0.1, 0.15) is 11.4 Å². The van der Waals surface area contributed by atoms with E-state index in [-0.39, 0.29) is 5.75 Å². The zero-order valence-electron chi connectivity index (χ0n) is 8.72. The van der Waals surface area contributed by atoms with E-state index in [1.807, 2.05) is 36.4 Å². The number of aromatic hydroxyl groups is 1. The molecule has 1 aliphatic heterocycles. The largest absolute Gasteiger partial charge is 0.506 e. The Morgan fingerprint density at radius 1 is 1.00 bits per heavy atom. The van der Waals surface area contributed by atoms with E-state index in [9.17, 15) is 5.11 Å². The third-order valence-electron chi connectivity index (χ3n) is 2.81. The summed E-state index contributed by atoms with van der Waals surface area (Å²) in [5.74, 6) is 0.252. The molecule has 0 fully saturated rings. The van der Waals surface area contributed by atoms with E-state index in [1.165, 1.54) is 0 Å². The number of phenols is 1. The molecule has 16 heavy (non-hydrogen) atoms. The lowest BCUT2D eigenvalue weighted by Gasteiger charge is -2.02. The molecule has 3 rings (SSSR count). The second-order valence-corrected chi connectivity index (χ2v) is 3.86. The van der Waals surface area contributed by atoms with E-state index in [1.54, 1.807) is 6.07 Å². The maximum atomic E-state index is 9.80. The van der Waals surface area contributed by atoms with Crippen LogP contribution in [0.25, 0.3) is 6.08 Å². The first-order chi connectivity index (χ1) is 7.84. The third kappa shape index (κ3) is 1.39. The highest BCUT2D eigenvalue weighted by Gasteiger charge is 2.07. The van der Waals surface area contributed by atoms with Crippen molar-refractivity contribution in [1.82, 2.24) is 0 Å². The van der Waals surface area contributed by atoms with E-state index < -0.39 is 0 Å². The first-order valence-electron chi connectivity index (χ1n) is 5.29. The summed E-state index contributed by atoms with van der Waals surface area (Å²) in [6.45, 7) is 0. The van der Waals surface area contributed by atoms with Crippen LogP contribution in [0.15, 0.2) is 47.5 Å². The Balaban J connectivity index is 2.38. The summed E-state index contributed by atoms with van der Waals surface area (Å²) < 4.78 is 0. The first-order valence-corrected chi connectivity index (χ1v) is 5.29. The second-order valence-electron chi connectivity index (χ2n) is 3.86. The molecule has 0 saturated carbocycles. The summed E-state index contributed by atoms with van der Waals surface area (Å²) in [7, 11) is 0. The molecule has 2 heteroatoms. The quantitative estimate of drug-likeness (QED) is 0.703. The maximum Gasteiger partial charge on any atom is 0.141 e.